The first kappa shape index (κ1) is 19.4. The van der Waals surface area contributed by atoms with E-state index < -0.39 is 0 Å². The van der Waals surface area contributed by atoms with Gasteiger partial charge < -0.3 is 4.90 Å². The lowest BCUT2D eigenvalue weighted by Crippen LogP contribution is -2.26. The monoisotopic (exact) mass is 360 g/mol. The SMILES string of the molecule is CCCN(CCC)c1c(C)nc(-c2ccccc2C(C)C)c2ccccc12. The molecule has 27 heavy (non-hydrogen) atoms. The largest absolute Gasteiger partial charge is 0.370 e. The van der Waals surface area contributed by atoms with E-state index in [9.17, 15) is 0 Å². The van der Waals surface area contributed by atoms with Crippen LogP contribution in [0.25, 0.3) is 22.0 Å². The summed E-state index contributed by atoms with van der Waals surface area (Å²) in [5.41, 5.74) is 6.17. The number of nitrogens with zero attached hydrogens (tertiary/aromatic N) is 2. The van der Waals surface area contributed by atoms with Crippen molar-refractivity contribution in [2.45, 2.75) is 53.4 Å². The zero-order valence-corrected chi connectivity index (χ0v) is 17.4. The lowest BCUT2D eigenvalue weighted by molar-refractivity contribution is 0.743. The molecule has 0 spiro atoms. The molecular formula is C25H32N2. The van der Waals surface area contributed by atoms with Gasteiger partial charge in [-0.3, -0.25) is 4.98 Å². The Balaban J connectivity index is 2.29. The Labute approximate surface area is 164 Å². The molecule has 0 bridgehead atoms. The van der Waals surface area contributed by atoms with Crippen LogP contribution in [0.3, 0.4) is 0 Å². The number of hydrogen-bond donors (Lipinski definition) is 0. The van der Waals surface area contributed by atoms with Crippen LogP contribution in [0.5, 0.6) is 0 Å². The van der Waals surface area contributed by atoms with Gasteiger partial charge in [0.15, 0.2) is 0 Å². The maximum Gasteiger partial charge on any atom is 0.0788 e. The fourth-order valence-corrected chi connectivity index (χ4v) is 4.07. The molecule has 142 valence electrons. The van der Waals surface area contributed by atoms with E-state index >= 15 is 0 Å². The molecule has 1 heterocycles. The molecule has 2 nitrogen and oxygen atoms in total. The number of aryl methyl sites for hydroxylation is 1. The van der Waals surface area contributed by atoms with Crippen molar-refractivity contribution < 1.29 is 0 Å². The molecule has 2 aromatic carbocycles. The van der Waals surface area contributed by atoms with Crippen molar-refractivity contribution in [1.29, 1.82) is 0 Å². The molecule has 0 unspecified atom stereocenters. The maximum absolute atomic E-state index is 5.16. The first-order chi connectivity index (χ1) is 13.1. The summed E-state index contributed by atoms with van der Waals surface area (Å²) in [5.74, 6) is 0.471. The highest BCUT2D eigenvalue weighted by molar-refractivity contribution is 6.03. The highest BCUT2D eigenvalue weighted by atomic mass is 15.1. The fourth-order valence-electron chi connectivity index (χ4n) is 4.07. The molecule has 0 saturated heterocycles. The van der Waals surface area contributed by atoms with Crippen molar-refractivity contribution >= 4 is 16.5 Å². The summed E-state index contributed by atoms with van der Waals surface area (Å²) < 4.78 is 0. The summed E-state index contributed by atoms with van der Waals surface area (Å²) in [6.07, 6.45) is 2.29. The molecule has 0 N–H and O–H groups in total. The second kappa shape index (κ2) is 8.56. The summed E-state index contributed by atoms with van der Waals surface area (Å²) in [7, 11) is 0. The second-order valence-electron chi connectivity index (χ2n) is 7.67. The van der Waals surface area contributed by atoms with Gasteiger partial charge in [-0.2, -0.15) is 0 Å². The van der Waals surface area contributed by atoms with Crippen LogP contribution in [0, 0.1) is 6.92 Å². The highest BCUT2D eigenvalue weighted by Crippen LogP contribution is 2.38. The molecule has 0 fully saturated rings. The van der Waals surface area contributed by atoms with E-state index in [1.54, 1.807) is 0 Å². The van der Waals surface area contributed by atoms with Gasteiger partial charge in [0.05, 0.1) is 17.1 Å². The Hall–Kier alpha value is -2.35. The van der Waals surface area contributed by atoms with Crippen molar-refractivity contribution in [3.8, 4) is 11.3 Å². The minimum atomic E-state index is 0.471. The van der Waals surface area contributed by atoms with Gasteiger partial charge in [-0.1, -0.05) is 76.2 Å². The van der Waals surface area contributed by atoms with Crippen LogP contribution in [0.4, 0.5) is 5.69 Å². The van der Waals surface area contributed by atoms with Crippen molar-refractivity contribution in [3.63, 3.8) is 0 Å². The third-order valence-electron chi connectivity index (χ3n) is 5.20. The number of pyridine rings is 1. The standard InChI is InChI=1S/C25H32N2/c1-6-16-27(17-7-2)25-19(5)26-24(22-14-10-11-15-23(22)25)21-13-9-8-12-20(21)18(3)4/h8-15,18H,6-7,16-17H2,1-5H3. The number of aromatic nitrogens is 1. The molecule has 1 aromatic heterocycles. The summed E-state index contributed by atoms with van der Waals surface area (Å²) in [6.45, 7) is 13.3. The number of anilines is 1. The molecule has 2 heteroatoms. The first-order valence-electron chi connectivity index (χ1n) is 10.3. The lowest BCUT2D eigenvalue weighted by Gasteiger charge is -2.28. The molecule has 0 aliphatic carbocycles. The van der Waals surface area contributed by atoms with Crippen LogP contribution < -0.4 is 4.90 Å². The minimum absolute atomic E-state index is 0.471. The van der Waals surface area contributed by atoms with Crippen molar-refractivity contribution in [2.75, 3.05) is 18.0 Å². The summed E-state index contributed by atoms with van der Waals surface area (Å²) in [4.78, 5) is 7.67. The van der Waals surface area contributed by atoms with Gasteiger partial charge in [0.1, 0.15) is 0 Å². The summed E-state index contributed by atoms with van der Waals surface area (Å²) in [5, 5.41) is 2.57. The van der Waals surface area contributed by atoms with Gasteiger partial charge in [0, 0.05) is 29.4 Å². The van der Waals surface area contributed by atoms with E-state index in [-0.39, 0.29) is 0 Å². The minimum Gasteiger partial charge on any atom is -0.370 e. The Morgan fingerprint density at radius 3 is 2.07 bits per heavy atom. The third kappa shape index (κ3) is 3.85. The predicted octanol–water partition coefficient (Wildman–Crippen LogP) is 6.96. The number of hydrogen-bond acceptors (Lipinski definition) is 2. The quantitative estimate of drug-likeness (QED) is 0.453. The van der Waals surface area contributed by atoms with Crippen LogP contribution in [0.15, 0.2) is 48.5 Å². The normalized spacial score (nSPS) is 11.3. The molecule has 3 rings (SSSR count). The molecule has 0 atom stereocenters. The highest BCUT2D eigenvalue weighted by Gasteiger charge is 2.19. The summed E-state index contributed by atoms with van der Waals surface area (Å²) >= 11 is 0. The van der Waals surface area contributed by atoms with Crippen LogP contribution in [-0.4, -0.2) is 18.1 Å². The van der Waals surface area contributed by atoms with E-state index in [1.807, 2.05) is 0 Å². The van der Waals surface area contributed by atoms with Crippen LogP contribution >= 0.6 is 0 Å². The average molecular weight is 361 g/mol. The van der Waals surface area contributed by atoms with Crippen LogP contribution in [0.2, 0.25) is 0 Å². The molecule has 0 saturated carbocycles. The average Bonchev–Trinajstić information content (AvgIpc) is 2.67. The number of benzene rings is 2. The van der Waals surface area contributed by atoms with Gasteiger partial charge in [-0.05, 0) is 31.2 Å². The Bertz CT molecular complexity index is 905. The van der Waals surface area contributed by atoms with Crippen LogP contribution in [0.1, 0.15) is 57.7 Å². The van der Waals surface area contributed by atoms with Gasteiger partial charge in [0.2, 0.25) is 0 Å². The van der Waals surface area contributed by atoms with E-state index in [0.717, 1.165) is 37.3 Å². The Morgan fingerprint density at radius 2 is 1.44 bits per heavy atom. The molecule has 0 aliphatic heterocycles. The zero-order chi connectivity index (χ0) is 19.4. The van der Waals surface area contributed by atoms with E-state index in [4.69, 9.17) is 4.98 Å². The molecule has 0 aliphatic rings. The van der Waals surface area contributed by atoms with Crippen molar-refractivity contribution in [1.82, 2.24) is 4.98 Å². The van der Waals surface area contributed by atoms with Crippen molar-refractivity contribution in [3.05, 3.63) is 59.8 Å². The van der Waals surface area contributed by atoms with Crippen LogP contribution in [-0.2, 0) is 0 Å². The van der Waals surface area contributed by atoms with Gasteiger partial charge in [0.25, 0.3) is 0 Å². The number of fused-ring (bicyclic) bond motifs is 1. The third-order valence-corrected chi connectivity index (χ3v) is 5.20. The first-order valence-corrected chi connectivity index (χ1v) is 10.3. The Kier molecular flexibility index (Phi) is 6.15. The van der Waals surface area contributed by atoms with E-state index in [2.05, 4.69) is 88.0 Å². The molecule has 0 radical (unpaired) electrons. The van der Waals surface area contributed by atoms with Gasteiger partial charge >= 0.3 is 0 Å². The fraction of sp³-hybridized carbons (Fsp3) is 0.400. The zero-order valence-electron chi connectivity index (χ0n) is 17.4. The predicted molar refractivity (Wildman–Crippen MR) is 119 cm³/mol. The van der Waals surface area contributed by atoms with Gasteiger partial charge in [-0.15, -0.1) is 0 Å². The second-order valence-corrected chi connectivity index (χ2v) is 7.67. The smallest absolute Gasteiger partial charge is 0.0788 e. The van der Waals surface area contributed by atoms with Gasteiger partial charge in [-0.25, -0.2) is 0 Å². The Morgan fingerprint density at radius 1 is 0.852 bits per heavy atom. The molecular weight excluding hydrogens is 328 g/mol. The number of rotatable bonds is 7. The molecule has 3 aromatic rings. The lowest BCUT2D eigenvalue weighted by atomic mass is 9.92. The van der Waals surface area contributed by atoms with E-state index in [0.29, 0.717) is 5.92 Å². The maximum atomic E-state index is 5.16. The topological polar surface area (TPSA) is 16.1 Å². The molecule has 0 amide bonds. The summed E-state index contributed by atoms with van der Waals surface area (Å²) in [6, 6.07) is 17.5. The van der Waals surface area contributed by atoms with E-state index in [1.165, 1.54) is 27.6 Å². The van der Waals surface area contributed by atoms with Crippen molar-refractivity contribution in [2.24, 2.45) is 0 Å².